The summed E-state index contributed by atoms with van der Waals surface area (Å²) in [6.45, 7) is 31.3. The minimum Gasteiger partial charge on any atom is -0.311 e. The molecule has 0 N–H and O–H groups in total. The Bertz CT molecular complexity index is 3690. The van der Waals surface area contributed by atoms with Gasteiger partial charge in [-0.25, -0.2) is 0 Å². The van der Waals surface area contributed by atoms with E-state index in [9.17, 15) is 0 Å². The lowest BCUT2D eigenvalue weighted by molar-refractivity contribution is 0.331. The standard InChI is InChI=1S/C76H78BN2/c1-49(2)52-42-67-70-68(43-52)79(71-59(50-26-18-14-19-27-50)45-57(72(3,4)5)46-60(71)51-28-20-15-21-29-51)66-48-64-63(73(6,7)40-41-74(64,8)9)47-62(66)69(77-70)61-44-56(76(12,13)54-32-24-17-25-33-54)36-39-65(61)78(67)58-37-34-55(35-38-58)75(10,11)53-30-22-16-23-31-53/h14-39,42-49,69H,40-41H2,1-13H3. The van der Waals surface area contributed by atoms with Gasteiger partial charge >= 0.3 is 0 Å². The van der Waals surface area contributed by atoms with E-state index in [1.165, 1.54) is 112 Å². The molecule has 0 spiro atoms. The fourth-order valence-corrected chi connectivity index (χ4v) is 13.3. The summed E-state index contributed by atoms with van der Waals surface area (Å²) < 4.78 is 0. The number of benzene rings is 9. The Morgan fingerprint density at radius 2 is 0.873 bits per heavy atom. The predicted molar refractivity (Wildman–Crippen MR) is 339 cm³/mol. The van der Waals surface area contributed by atoms with Crippen molar-refractivity contribution >= 4 is 46.9 Å². The Kier molecular flexibility index (Phi) is 12.7. The minimum absolute atomic E-state index is 0.0232. The van der Waals surface area contributed by atoms with Crippen molar-refractivity contribution in [2.75, 3.05) is 9.80 Å². The van der Waals surface area contributed by atoms with Crippen molar-refractivity contribution in [2.45, 2.75) is 142 Å². The summed E-state index contributed by atoms with van der Waals surface area (Å²) >= 11 is 0. The number of anilines is 6. The monoisotopic (exact) mass is 1030 g/mol. The van der Waals surface area contributed by atoms with Crippen LogP contribution < -0.4 is 15.3 Å². The van der Waals surface area contributed by atoms with Gasteiger partial charge in [-0.2, -0.15) is 0 Å². The van der Waals surface area contributed by atoms with Crippen molar-refractivity contribution in [3.63, 3.8) is 0 Å². The van der Waals surface area contributed by atoms with Crippen molar-refractivity contribution in [3.8, 4) is 22.3 Å². The van der Waals surface area contributed by atoms with E-state index in [-0.39, 0.29) is 38.8 Å². The van der Waals surface area contributed by atoms with Crippen LogP contribution in [0, 0.1) is 0 Å². The third kappa shape index (κ3) is 8.97. The van der Waals surface area contributed by atoms with Crippen LogP contribution in [0.3, 0.4) is 0 Å². The van der Waals surface area contributed by atoms with E-state index in [0.717, 1.165) is 18.5 Å². The predicted octanol–water partition coefficient (Wildman–Crippen LogP) is 20.1. The molecule has 2 bridgehead atoms. The van der Waals surface area contributed by atoms with E-state index in [2.05, 4.69) is 307 Å². The lowest BCUT2D eigenvalue weighted by Crippen LogP contribution is -2.34. The summed E-state index contributed by atoms with van der Waals surface area (Å²) in [5.74, 6) is 0.133. The van der Waals surface area contributed by atoms with E-state index in [4.69, 9.17) is 0 Å². The van der Waals surface area contributed by atoms with Gasteiger partial charge in [0.05, 0.1) is 5.69 Å². The van der Waals surface area contributed by atoms with E-state index in [0.29, 0.717) is 0 Å². The van der Waals surface area contributed by atoms with Crippen molar-refractivity contribution in [1.82, 2.24) is 0 Å². The number of nitrogens with zero attached hydrogens (tertiary/aromatic N) is 2. The molecule has 2 aliphatic heterocycles. The average molecular weight is 1030 g/mol. The third-order valence-corrected chi connectivity index (χ3v) is 18.7. The van der Waals surface area contributed by atoms with Crippen molar-refractivity contribution < 1.29 is 0 Å². The van der Waals surface area contributed by atoms with Crippen molar-refractivity contribution in [1.29, 1.82) is 0 Å². The van der Waals surface area contributed by atoms with Crippen LogP contribution in [0.25, 0.3) is 22.3 Å². The topological polar surface area (TPSA) is 6.48 Å². The Balaban J connectivity index is 1.25. The smallest absolute Gasteiger partial charge is 0.172 e. The van der Waals surface area contributed by atoms with Crippen LogP contribution in [0.4, 0.5) is 34.1 Å². The van der Waals surface area contributed by atoms with Gasteiger partial charge < -0.3 is 9.80 Å². The maximum Gasteiger partial charge on any atom is 0.172 e. The summed E-state index contributed by atoms with van der Waals surface area (Å²) in [5.41, 5.74) is 26.1. The van der Waals surface area contributed by atoms with Gasteiger partial charge in [0.15, 0.2) is 7.28 Å². The first-order valence-corrected chi connectivity index (χ1v) is 29.1. The summed E-state index contributed by atoms with van der Waals surface area (Å²) in [4.78, 5) is 5.39. The third-order valence-electron chi connectivity index (χ3n) is 18.7. The zero-order chi connectivity index (χ0) is 55.4. The molecule has 0 amide bonds. The van der Waals surface area contributed by atoms with E-state index < -0.39 is 0 Å². The SMILES string of the molecule is CC(C)c1cc2c3c(c1)N(c1c(-c4ccccc4)cc(C(C)(C)C)cc1-c1ccccc1)c1cc4c(cc1C([B]3)c1cc(C(C)(C)c3ccccc3)ccc1N2c1ccc(C(C)(C)c2ccccc2)cc1)C(C)(C)CCC4(C)C. The Morgan fingerprint density at radius 3 is 1.38 bits per heavy atom. The molecule has 3 heteroatoms. The lowest BCUT2D eigenvalue weighted by Gasteiger charge is -2.44. The quantitative estimate of drug-likeness (QED) is 0.133. The summed E-state index contributed by atoms with van der Waals surface area (Å²) in [6, 6.07) is 77.0. The van der Waals surface area contributed by atoms with Gasteiger partial charge in [-0.1, -0.05) is 242 Å². The van der Waals surface area contributed by atoms with Crippen LogP contribution in [-0.4, -0.2) is 7.28 Å². The molecule has 0 saturated heterocycles. The molecule has 0 aromatic heterocycles. The number of hydrogen-bond acceptors (Lipinski definition) is 2. The molecule has 2 heterocycles. The molecule has 1 radical (unpaired) electrons. The largest absolute Gasteiger partial charge is 0.311 e. The van der Waals surface area contributed by atoms with Crippen LogP contribution in [0.5, 0.6) is 0 Å². The Hall–Kier alpha value is -7.36. The van der Waals surface area contributed by atoms with E-state index in [1.54, 1.807) is 0 Å². The maximum atomic E-state index is 2.76. The molecule has 3 aliphatic rings. The van der Waals surface area contributed by atoms with Crippen molar-refractivity contribution in [3.05, 3.63) is 256 Å². The van der Waals surface area contributed by atoms with Crippen LogP contribution in [-0.2, 0) is 27.1 Å². The molecule has 9 aromatic rings. The molecule has 0 fully saturated rings. The lowest BCUT2D eigenvalue weighted by atomic mass is 9.53. The molecular weight excluding hydrogens is 952 g/mol. The fraction of sp³-hybridized carbons (Fsp3) is 0.289. The van der Waals surface area contributed by atoms with E-state index in [1.807, 2.05) is 0 Å². The van der Waals surface area contributed by atoms with Gasteiger partial charge in [0.1, 0.15) is 0 Å². The summed E-state index contributed by atoms with van der Waals surface area (Å²) in [5, 5.41) is 0. The number of fused-ring (bicyclic) bond motifs is 6. The normalized spacial score (nSPS) is 16.3. The second-order valence-corrected chi connectivity index (χ2v) is 26.9. The highest BCUT2D eigenvalue weighted by molar-refractivity contribution is 6.61. The summed E-state index contributed by atoms with van der Waals surface area (Å²) in [7, 11) is 2.68. The molecule has 79 heavy (non-hydrogen) atoms. The molecule has 9 aromatic carbocycles. The van der Waals surface area contributed by atoms with Crippen LogP contribution in [0.1, 0.15) is 170 Å². The molecule has 1 aliphatic carbocycles. The fourth-order valence-electron chi connectivity index (χ4n) is 13.3. The van der Waals surface area contributed by atoms with Gasteiger partial charge in [-0.3, -0.25) is 0 Å². The summed E-state index contributed by atoms with van der Waals surface area (Å²) in [6.07, 6.45) is 2.26. The average Bonchev–Trinajstić information content (AvgIpc) is 3.81. The number of hydrogen-bond donors (Lipinski definition) is 0. The van der Waals surface area contributed by atoms with E-state index >= 15 is 0 Å². The molecule has 0 saturated carbocycles. The molecule has 2 nitrogen and oxygen atoms in total. The van der Waals surface area contributed by atoms with Gasteiger partial charge in [0.25, 0.3) is 0 Å². The molecule has 12 rings (SSSR count). The maximum absolute atomic E-state index is 2.76. The van der Waals surface area contributed by atoms with Gasteiger partial charge in [0, 0.05) is 50.4 Å². The molecule has 395 valence electrons. The Labute approximate surface area is 473 Å². The second-order valence-electron chi connectivity index (χ2n) is 26.9. The highest BCUT2D eigenvalue weighted by Gasteiger charge is 2.44. The first-order chi connectivity index (χ1) is 37.6. The van der Waals surface area contributed by atoms with Crippen LogP contribution >= 0.6 is 0 Å². The zero-order valence-corrected chi connectivity index (χ0v) is 49.1. The minimum atomic E-state index is -0.271. The number of rotatable bonds is 9. The molecule has 1 atom stereocenters. The highest BCUT2D eigenvalue weighted by atomic mass is 15.2. The zero-order valence-electron chi connectivity index (χ0n) is 49.1. The first-order valence-electron chi connectivity index (χ1n) is 29.1. The molecule has 1 unspecified atom stereocenters. The van der Waals surface area contributed by atoms with Crippen LogP contribution in [0.15, 0.2) is 200 Å². The van der Waals surface area contributed by atoms with Crippen molar-refractivity contribution in [2.24, 2.45) is 0 Å². The van der Waals surface area contributed by atoms with Gasteiger partial charge in [-0.05, 0) is 162 Å². The van der Waals surface area contributed by atoms with Crippen LogP contribution in [0.2, 0.25) is 0 Å². The first kappa shape index (κ1) is 52.3. The Morgan fingerprint density at radius 1 is 0.430 bits per heavy atom. The van der Waals surface area contributed by atoms with Gasteiger partial charge in [-0.15, -0.1) is 0 Å². The second kappa shape index (κ2) is 19.2. The molecular formula is C76H78BN2. The highest BCUT2D eigenvalue weighted by Crippen LogP contribution is 2.58. The van der Waals surface area contributed by atoms with Gasteiger partial charge in [0.2, 0.25) is 0 Å².